The Morgan fingerprint density at radius 2 is 1.79 bits per heavy atom. The Kier molecular flexibility index (Phi) is 6.11. The summed E-state index contributed by atoms with van der Waals surface area (Å²) in [6.45, 7) is 0.786. The van der Waals surface area contributed by atoms with Gasteiger partial charge in [0.05, 0.1) is 18.8 Å². The van der Waals surface area contributed by atoms with Crippen LogP contribution in [-0.4, -0.2) is 31.7 Å². The lowest BCUT2D eigenvalue weighted by Gasteiger charge is -2.13. The number of halogens is 2. The Bertz CT molecular complexity index is 969. The normalized spacial score (nSPS) is 14.9. The SMILES string of the molecule is COc1cc(/C=C2/N=C(c3ccccc3OC(F)F)OC2=O)ccc1OC(C)C. The molecule has 29 heavy (non-hydrogen) atoms. The van der Waals surface area contributed by atoms with Gasteiger partial charge in [-0.05, 0) is 49.8 Å². The molecule has 1 heterocycles. The van der Waals surface area contributed by atoms with Gasteiger partial charge in [-0.15, -0.1) is 0 Å². The molecule has 2 aromatic carbocycles. The minimum Gasteiger partial charge on any atom is -0.493 e. The van der Waals surface area contributed by atoms with Gasteiger partial charge in [0.2, 0.25) is 5.90 Å². The topological polar surface area (TPSA) is 66.3 Å². The first kappa shape index (κ1) is 20.3. The molecule has 0 radical (unpaired) electrons. The predicted octanol–water partition coefficient (Wildman–Crippen LogP) is 4.43. The molecular formula is C21H19F2NO5. The number of hydrogen-bond acceptors (Lipinski definition) is 6. The van der Waals surface area contributed by atoms with Crippen molar-refractivity contribution in [1.82, 2.24) is 0 Å². The second-order valence-electron chi connectivity index (χ2n) is 6.29. The summed E-state index contributed by atoms with van der Waals surface area (Å²) in [5.74, 6) is 0.130. The molecular weight excluding hydrogens is 384 g/mol. The first-order chi connectivity index (χ1) is 13.9. The number of esters is 1. The van der Waals surface area contributed by atoms with Crippen molar-refractivity contribution in [2.45, 2.75) is 26.6 Å². The maximum atomic E-state index is 12.6. The van der Waals surface area contributed by atoms with Crippen LogP contribution >= 0.6 is 0 Å². The summed E-state index contributed by atoms with van der Waals surface area (Å²) in [5, 5.41) is 0. The Labute approximate surface area is 166 Å². The van der Waals surface area contributed by atoms with E-state index >= 15 is 0 Å². The predicted molar refractivity (Wildman–Crippen MR) is 102 cm³/mol. The van der Waals surface area contributed by atoms with Crippen molar-refractivity contribution in [3.05, 3.63) is 59.3 Å². The largest absolute Gasteiger partial charge is 0.493 e. The molecule has 0 N–H and O–H groups in total. The lowest BCUT2D eigenvalue weighted by atomic mass is 10.1. The highest BCUT2D eigenvalue weighted by molar-refractivity contribution is 6.13. The third kappa shape index (κ3) is 4.90. The zero-order valence-electron chi connectivity index (χ0n) is 16.0. The van der Waals surface area contributed by atoms with Crippen molar-refractivity contribution in [1.29, 1.82) is 0 Å². The van der Waals surface area contributed by atoms with Gasteiger partial charge in [-0.1, -0.05) is 18.2 Å². The van der Waals surface area contributed by atoms with Gasteiger partial charge in [0.15, 0.2) is 17.2 Å². The summed E-state index contributed by atoms with van der Waals surface area (Å²) < 4.78 is 45.8. The van der Waals surface area contributed by atoms with Gasteiger partial charge in [-0.3, -0.25) is 0 Å². The average molecular weight is 403 g/mol. The number of hydrogen-bond donors (Lipinski definition) is 0. The molecule has 6 nitrogen and oxygen atoms in total. The summed E-state index contributed by atoms with van der Waals surface area (Å²) in [4.78, 5) is 16.4. The van der Waals surface area contributed by atoms with E-state index in [9.17, 15) is 13.6 Å². The van der Waals surface area contributed by atoms with E-state index in [1.165, 1.54) is 31.4 Å². The minimum atomic E-state index is -3.01. The highest BCUT2D eigenvalue weighted by atomic mass is 19.3. The van der Waals surface area contributed by atoms with Crippen molar-refractivity contribution in [3.63, 3.8) is 0 Å². The summed E-state index contributed by atoms with van der Waals surface area (Å²) in [6.07, 6.45) is 1.48. The number of aliphatic imine (C=N–C) groups is 1. The standard InChI is InChI=1S/C21H19F2NO5/c1-12(2)27-17-9-8-13(11-18(17)26-3)10-15-20(25)29-19(24-15)14-6-4-5-7-16(14)28-21(22)23/h4-12,21H,1-3H3/b15-10+. The van der Waals surface area contributed by atoms with Crippen LogP contribution in [0.3, 0.4) is 0 Å². The number of benzene rings is 2. The molecule has 0 bridgehead atoms. The Balaban J connectivity index is 1.92. The van der Waals surface area contributed by atoms with E-state index in [0.29, 0.717) is 17.1 Å². The first-order valence-corrected chi connectivity index (χ1v) is 8.79. The second-order valence-corrected chi connectivity index (χ2v) is 6.29. The zero-order chi connectivity index (χ0) is 21.0. The molecule has 0 amide bonds. The molecule has 0 saturated carbocycles. The van der Waals surface area contributed by atoms with Crippen LogP contribution in [-0.2, 0) is 9.53 Å². The van der Waals surface area contributed by atoms with Gasteiger partial charge in [0, 0.05) is 0 Å². The Hall–Kier alpha value is -3.42. The number of methoxy groups -OCH3 is 1. The maximum Gasteiger partial charge on any atom is 0.387 e. The first-order valence-electron chi connectivity index (χ1n) is 8.79. The fourth-order valence-electron chi connectivity index (χ4n) is 2.65. The molecule has 0 atom stereocenters. The monoisotopic (exact) mass is 403 g/mol. The summed E-state index contributed by atoms with van der Waals surface area (Å²) in [7, 11) is 1.51. The fraction of sp³-hybridized carbons (Fsp3) is 0.238. The molecule has 0 aliphatic carbocycles. The number of cyclic esters (lactones) is 1. The van der Waals surface area contributed by atoms with Gasteiger partial charge in [0.25, 0.3) is 0 Å². The molecule has 0 saturated heterocycles. The van der Waals surface area contributed by atoms with E-state index in [1.54, 1.807) is 24.3 Å². The Morgan fingerprint density at radius 3 is 2.48 bits per heavy atom. The maximum absolute atomic E-state index is 12.6. The quantitative estimate of drug-likeness (QED) is 0.506. The highest BCUT2D eigenvalue weighted by Crippen LogP contribution is 2.31. The molecule has 0 aromatic heterocycles. The van der Waals surface area contributed by atoms with Crippen molar-refractivity contribution in [2.24, 2.45) is 4.99 Å². The van der Waals surface area contributed by atoms with E-state index < -0.39 is 12.6 Å². The van der Waals surface area contributed by atoms with Crippen molar-refractivity contribution < 1.29 is 32.5 Å². The third-order valence-electron chi connectivity index (χ3n) is 3.81. The third-order valence-corrected chi connectivity index (χ3v) is 3.81. The van der Waals surface area contributed by atoms with Crippen LogP contribution in [0.15, 0.2) is 53.2 Å². The van der Waals surface area contributed by atoms with Crippen LogP contribution in [0.4, 0.5) is 8.78 Å². The van der Waals surface area contributed by atoms with Crippen molar-refractivity contribution in [2.75, 3.05) is 7.11 Å². The summed E-state index contributed by atoms with van der Waals surface area (Å²) in [5.41, 5.74) is 0.807. The molecule has 8 heteroatoms. The molecule has 1 aliphatic rings. The van der Waals surface area contributed by atoms with Crippen LogP contribution in [0.5, 0.6) is 17.2 Å². The lowest BCUT2D eigenvalue weighted by Crippen LogP contribution is -2.10. The number of ether oxygens (including phenoxy) is 4. The van der Waals surface area contributed by atoms with E-state index in [2.05, 4.69) is 9.73 Å². The molecule has 0 spiro atoms. The average Bonchev–Trinajstić information content (AvgIpc) is 3.02. The number of rotatable bonds is 7. The van der Waals surface area contributed by atoms with Crippen molar-refractivity contribution >= 4 is 17.9 Å². The summed E-state index contributed by atoms with van der Waals surface area (Å²) in [6, 6.07) is 11.1. The zero-order valence-corrected chi connectivity index (χ0v) is 16.0. The number of alkyl halides is 2. The van der Waals surface area contributed by atoms with Gasteiger partial charge in [-0.2, -0.15) is 8.78 Å². The van der Waals surface area contributed by atoms with Crippen LogP contribution in [0, 0.1) is 0 Å². The van der Waals surface area contributed by atoms with E-state index in [0.717, 1.165) is 0 Å². The minimum absolute atomic E-state index is 0.0198. The molecule has 2 aromatic rings. The van der Waals surface area contributed by atoms with Gasteiger partial charge in [-0.25, -0.2) is 9.79 Å². The second kappa shape index (κ2) is 8.72. The van der Waals surface area contributed by atoms with Gasteiger partial charge in [0.1, 0.15) is 5.75 Å². The van der Waals surface area contributed by atoms with E-state index in [4.69, 9.17) is 14.2 Å². The van der Waals surface area contributed by atoms with Crippen LogP contribution in [0.25, 0.3) is 6.08 Å². The molecule has 0 unspecified atom stereocenters. The van der Waals surface area contributed by atoms with Crippen LogP contribution < -0.4 is 14.2 Å². The smallest absolute Gasteiger partial charge is 0.387 e. The van der Waals surface area contributed by atoms with Crippen molar-refractivity contribution in [3.8, 4) is 17.2 Å². The van der Waals surface area contributed by atoms with E-state index in [1.807, 2.05) is 13.8 Å². The van der Waals surface area contributed by atoms with E-state index in [-0.39, 0.29) is 29.0 Å². The van der Waals surface area contributed by atoms with Gasteiger partial charge >= 0.3 is 12.6 Å². The number of para-hydroxylation sites is 1. The van der Waals surface area contributed by atoms with Gasteiger partial charge < -0.3 is 18.9 Å². The number of nitrogens with zero attached hydrogens (tertiary/aromatic N) is 1. The molecule has 1 aliphatic heterocycles. The number of carbonyl (C=O) groups excluding carboxylic acids is 1. The highest BCUT2D eigenvalue weighted by Gasteiger charge is 2.27. The number of carbonyl (C=O) groups is 1. The lowest BCUT2D eigenvalue weighted by molar-refractivity contribution is -0.129. The van der Waals surface area contributed by atoms with Crippen LogP contribution in [0.2, 0.25) is 0 Å². The molecule has 3 rings (SSSR count). The Morgan fingerprint density at radius 1 is 1.03 bits per heavy atom. The molecule has 152 valence electrons. The van der Waals surface area contributed by atoms with Crippen LogP contribution in [0.1, 0.15) is 25.0 Å². The molecule has 0 fully saturated rings. The summed E-state index contributed by atoms with van der Waals surface area (Å²) >= 11 is 0. The fourth-order valence-corrected chi connectivity index (χ4v) is 2.65.